The van der Waals surface area contributed by atoms with Crippen molar-refractivity contribution in [2.24, 2.45) is 0 Å². The van der Waals surface area contributed by atoms with Gasteiger partial charge in [0.15, 0.2) is 0 Å². The smallest absolute Gasteiger partial charge is 0.126 e. The first-order chi connectivity index (χ1) is 8.25. The Morgan fingerprint density at radius 2 is 2.41 bits per heavy atom. The lowest BCUT2D eigenvalue weighted by Crippen LogP contribution is -2.50. The fraction of sp³-hybridized carbons (Fsp3) is 0.571. The average molecular weight is 235 g/mol. The molecule has 2 nitrogen and oxygen atoms in total. The van der Waals surface area contributed by atoms with E-state index in [2.05, 4.69) is 12.2 Å². The number of hydrogen-bond acceptors (Lipinski definition) is 2. The number of morpholine rings is 1. The molecule has 0 amide bonds. The summed E-state index contributed by atoms with van der Waals surface area (Å²) in [4.78, 5) is 0. The molecule has 3 heteroatoms. The zero-order chi connectivity index (χ0) is 11.9. The fourth-order valence-electron chi connectivity index (χ4n) is 3.07. The Labute approximate surface area is 101 Å². The van der Waals surface area contributed by atoms with Crippen LogP contribution in [0.5, 0.6) is 0 Å². The van der Waals surface area contributed by atoms with Gasteiger partial charge in [-0.25, -0.2) is 4.39 Å². The van der Waals surface area contributed by atoms with Crippen molar-refractivity contribution in [2.75, 3.05) is 13.1 Å². The van der Waals surface area contributed by atoms with E-state index in [1.54, 1.807) is 12.1 Å². The molecular formula is C14H18FNO. The van der Waals surface area contributed by atoms with E-state index in [9.17, 15) is 4.39 Å². The summed E-state index contributed by atoms with van der Waals surface area (Å²) in [5, 5.41) is 3.43. The van der Waals surface area contributed by atoms with E-state index in [0.29, 0.717) is 0 Å². The number of halogens is 1. The fourth-order valence-corrected chi connectivity index (χ4v) is 3.07. The maximum absolute atomic E-state index is 13.7. The van der Waals surface area contributed by atoms with Crippen LogP contribution >= 0.6 is 0 Å². The minimum Gasteiger partial charge on any atom is -0.364 e. The minimum atomic E-state index is -0.281. The molecule has 1 aromatic carbocycles. The van der Waals surface area contributed by atoms with Crippen LogP contribution in [0.3, 0.4) is 0 Å². The van der Waals surface area contributed by atoms with Crippen LogP contribution in [0.1, 0.15) is 30.9 Å². The summed E-state index contributed by atoms with van der Waals surface area (Å²) in [6.45, 7) is 3.84. The molecule has 1 aliphatic carbocycles. The van der Waals surface area contributed by atoms with Crippen molar-refractivity contribution in [3.63, 3.8) is 0 Å². The minimum absolute atomic E-state index is 0.0819. The highest BCUT2D eigenvalue weighted by molar-refractivity contribution is 5.39. The van der Waals surface area contributed by atoms with Gasteiger partial charge in [-0.15, -0.1) is 0 Å². The lowest BCUT2D eigenvalue weighted by molar-refractivity contribution is -0.121. The second-order valence-electron chi connectivity index (χ2n) is 5.04. The number of rotatable bonds is 1. The van der Waals surface area contributed by atoms with Crippen LogP contribution in [0.15, 0.2) is 18.2 Å². The Kier molecular flexibility index (Phi) is 2.68. The maximum Gasteiger partial charge on any atom is 0.126 e. The largest absolute Gasteiger partial charge is 0.364 e. The number of nitrogens with one attached hydrogen (secondary N) is 1. The van der Waals surface area contributed by atoms with Crippen LogP contribution in [-0.4, -0.2) is 19.2 Å². The molecule has 0 saturated carbocycles. The van der Waals surface area contributed by atoms with Gasteiger partial charge >= 0.3 is 0 Å². The van der Waals surface area contributed by atoms with Gasteiger partial charge in [0.05, 0.1) is 6.10 Å². The second-order valence-corrected chi connectivity index (χ2v) is 5.04. The first-order valence-corrected chi connectivity index (χ1v) is 6.41. The molecule has 0 bridgehead atoms. The molecule has 3 rings (SSSR count). The molecule has 2 aliphatic rings. The molecule has 1 aliphatic heterocycles. The predicted octanol–water partition coefficient (Wildman–Crippen LogP) is 2.37. The zero-order valence-corrected chi connectivity index (χ0v) is 10.1. The highest BCUT2D eigenvalue weighted by Crippen LogP contribution is 2.42. The summed E-state index contributed by atoms with van der Waals surface area (Å²) in [6.07, 6.45) is 2.93. The highest BCUT2D eigenvalue weighted by Gasteiger charge is 2.44. The summed E-state index contributed by atoms with van der Waals surface area (Å²) in [5.41, 5.74) is 1.63. The van der Waals surface area contributed by atoms with Crippen molar-refractivity contribution in [1.29, 1.82) is 0 Å². The number of fused-ring (bicyclic) bond motifs is 2. The molecule has 17 heavy (non-hydrogen) atoms. The highest BCUT2D eigenvalue weighted by atomic mass is 19.1. The molecule has 2 atom stereocenters. The van der Waals surface area contributed by atoms with Crippen molar-refractivity contribution in [3.8, 4) is 0 Å². The van der Waals surface area contributed by atoms with Gasteiger partial charge in [-0.3, -0.25) is 0 Å². The molecule has 1 fully saturated rings. The van der Waals surface area contributed by atoms with Crippen LogP contribution in [0.4, 0.5) is 4.39 Å². The topological polar surface area (TPSA) is 21.3 Å². The molecule has 1 spiro atoms. The molecule has 2 unspecified atom stereocenters. The van der Waals surface area contributed by atoms with Gasteiger partial charge in [-0.05, 0) is 36.5 Å². The Hall–Kier alpha value is -0.930. The number of benzene rings is 1. The quantitative estimate of drug-likeness (QED) is 0.807. The number of ether oxygens (including phenoxy) is 1. The van der Waals surface area contributed by atoms with E-state index >= 15 is 0 Å². The normalized spacial score (nSPS) is 31.8. The summed E-state index contributed by atoms with van der Waals surface area (Å²) in [7, 11) is 0. The molecule has 1 N–H and O–H groups in total. The van der Waals surface area contributed by atoms with Gasteiger partial charge < -0.3 is 10.1 Å². The predicted molar refractivity (Wildman–Crippen MR) is 64.4 cm³/mol. The van der Waals surface area contributed by atoms with Crippen LogP contribution < -0.4 is 5.32 Å². The van der Waals surface area contributed by atoms with Gasteiger partial charge in [0.1, 0.15) is 11.4 Å². The molecule has 1 aromatic rings. The molecule has 0 aromatic heterocycles. The monoisotopic (exact) mass is 235 g/mol. The van der Waals surface area contributed by atoms with E-state index < -0.39 is 0 Å². The van der Waals surface area contributed by atoms with Crippen molar-refractivity contribution in [1.82, 2.24) is 5.32 Å². The van der Waals surface area contributed by atoms with Gasteiger partial charge in [0, 0.05) is 13.1 Å². The summed E-state index contributed by atoms with van der Waals surface area (Å²) in [5.74, 6) is -0.0819. The molecular weight excluding hydrogens is 217 g/mol. The lowest BCUT2D eigenvalue weighted by Gasteiger charge is -2.39. The van der Waals surface area contributed by atoms with Gasteiger partial charge in [0.2, 0.25) is 0 Å². The van der Waals surface area contributed by atoms with E-state index in [-0.39, 0.29) is 17.5 Å². The van der Waals surface area contributed by atoms with Crippen LogP contribution in [0.25, 0.3) is 0 Å². The van der Waals surface area contributed by atoms with Crippen LogP contribution in [-0.2, 0) is 16.8 Å². The maximum atomic E-state index is 13.7. The van der Waals surface area contributed by atoms with E-state index in [0.717, 1.165) is 43.5 Å². The van der Waals surface area contributed by atoms with E-state index in [1.807, 2.05) is 6.07 Å². The van der Waals surface area contributed by atoms with Crippen molar-refractivity contribution in [3.05, 3.63) is 35.1 Å². The Bertz CT molecular complexity index is 434. The van der Waals surface area contributed by atoms with Gasteiger partial charge in [-0.1, -0.05) is 19.1 Å². The van der Waals surface area contributed by atoms with E-state index in [1.165, 1.54) is 0 Å². The van der Waals surface area contributed by atoms with E-state index in [4.69, 9.17) is 4.74 Å². The van der Waals surface area contributed by atoms with Crippen LogP contribution in [0.2, 0.25) is 0 Å². The lowest BCUT2D eigenvalue weighted by atomic mass is 9.93. The molecule has 92 valence electrons. The second kappa shape index (κ2) is 4.07. The third-order valence-corrected chi connectivity index (χ3v) is 4.02. The third-order valence-electron chi connectivity index (χ3n) is 4.02. The summed E-state index contributed by atoms with van der Waals surface area (Å²) in [6, 6.07) is 5.36. The van der Waals surface area contributed by atoms with Crippen LogP contribution in [0, 0.1) is 5.82 Å². The third kappa shape index (κ3) is 1.69. The zero-order valence-electron chi connectivity index (χ0n) is 10.1. The summed E-state index contributed by atoms with van der Waals surface area (Å²) >= 11 is 0. The van der Waals surface area contributed by atoms with Gasteiger partial charge in [-0.2, -0.15) is 0 Å². The summed E-state index contributed by atoms with van der Waals surface area (Å²) < 4.78 is 20.0. The first-order valence-electron chi connectivity index (χ1n) is 6.41. The SMILES string of the molecule is CCC1CNCC2(CCc3c(F)cccc32)O1. The molecule has 0 radical (unpaired) electrons. The Balaban J connectivity index is 1.99. The van der Waals surface area contributed by atoms with Crippen molar-refractivity contribution < 1.29 is 9.13 Å². The average Bonchev–Trinajstić information content (AvgIpc) is 2.70. The number of hydrogen-bond donors (Lipinski definition) is 1. The molecule has 1 heterocycles. The van der Waals surface area contributed by atoms with Gasteiger partial charge in [0.25, 0.3) is 0 Å². The first kappa shape index (κ1) is 11.2. The standard InChI is InChI=1S/C14H18FNO/c1-2-10-8-16-9-14(17-10)7-6-11-12(14)4-3-5-13(11)15/h3-5,10,16H,2,6-9H2,1H3. The Morgan fingerprint density at radius 3 is 3.24 bits per heavy atom. The Morgan fingerprint density at radius 1 is 1.53 bits per heavy atom. The molecule has 1 saturated heterocycles. The van der Waals surface area contributed by atoms with Crippen molar-refractivity contribution >= 4 is 0 Å². The van der Waals surface area contributed by atoms with Crippen molar-refractivity contribution in [2.45, 2.75) is 37.9 Å².